The number of hydrogen-bond donors (Lipinski definition) is 0. The van der Waals surface area contributed by atoms with Gasteiger partial charge < -0.3 is 14.5 Å². The highest BCUT2D eigenvalue weighted by atomic mass is 16.5. The zero-order valence-electron chi connectivity index (χ0n) is 10.8. The first kappa shape index (κ1) is 12.1. The monoisotopic (exact) mass is 236 g/mol. The lowest BCUT2D eigenvalue weighted by Gasteiger charge is -2.22. The molecule has 0 radical (unpaired) electrons. The Balaban J connectivity index is 2.02. The van der Waals surface area contributed by atoms with Crippen LogP contribution in [0, 0.1) is 0 Å². The summed E-state index contributed by atoms with van der Waals surface area (Å²) in [7, 11) is 5.93. The molecule has 1 fully saturated rings. The molecular formula is C12H20N4O. The van der Waals surface area contributed by atoms with Crippen molar-refractivity contribution < 1.29 is 4.74 Å². The van der Waals surface area contributed by atoms with E-state index in [-0.39, 0.29) is 0 Å². The fraction of sp³-hybridized carbons (Fsp3) is 0.667. The fourth-order valence-electron chi connectivity index (χ4n) is 1.95. The number of hydrogen-bond acceptors (Lipinski definition) is 5. The quantitative estimate of drug-likeness (QED) is 0.784. The molecule has 2 heterocycles. The highest BCUT2D eigenvalue weighted by Crippen LogP contribution is 2.17. The summed E-state index contributed by atoms with van der Waals surface area (Å²) < 4.78 is 5.63. The Labute approximate surface area is 102 Å². The third-order valence-corrected chi connectivity index (χ3v) is 2.92. The molecule has 94 valence electrons. The SMILES string of the molecule is CN(C)c1nccc(N(C)CC2CCCO2)n1. The van der Waals surface area contributed by atoms with Gasteiger partial charge in [0.05, 0.1) is 6.10 Å². The maximum Gasteiger partial charge on any atom is 0.226 e. The zero-order chi connectivity index (χ0) is 12.3. The van der Waals surface area contributed by atoms with E-state index in [1.165, 1.54) is 6.42 Å². The number of nitrogens with zero attached hydrogens (tertiary/aromatic N) is 4. The van der Waals surface area contributed by atoms with E-state index in [1.807, 2.05) is 32.1 Å². The number of rotatable bonds is 4. The zero-order valence-corrected chi connectivity index (χ0v) is 10.8. The second kappa shape index (κ2) is 5.31. The first-order chi connectivity index (χ1) is 8.16. The molecule has 0 N–H and O–H groups in total. The maximum atomic E-state index is 5.63. The summed E-state index contributed by atoms with van der Waals surface area (Å²) in [6.45, 7) is 1.79. The average molecular weight is 236 g/mol. The van der Waals surface area contributed by atoms with Crippen LogP contribution < -0.4 is 9.80 Å². The predicted octanol–water partition coefficient (Wildman–Crippen LogP) is 1.16. The molecule has 1 aromatic rings. The van der Waals surface area contributed by atoms with Gasteiger partial charge in [-0.15, -0.1) is 0 Å². The molecule has 0 spiro atoms. The van der Waals surface area contributed by atoms with Crippen molar-refractivity contribution >= 4 is 11.8 Å². The van der Waals surface area contributed by atoms with Gasteiger partial charge in [0.15, 0.2) is 0 Å². The topological polar surface area (TPSA) is 41.5 Å². The third-order valence-electron chi connectivity index (χ3n) is 2.92. The molecule has 0 aromatic carbocycles. The Morgan fingerprint density at radius 1 is 1.41 bits per heavy atom. The summed E-state index contributed by atoms with van der Waals surface area (Å²) in [5.74, 6) is 1.68. The molecule has 1 aromatic heterocycles. The van der Waals surface area contributed by atoms with Gasteiger partial charge in [-0.1, -0.05) is 0 Å². The summed E-state index contributed by atoms with van der Waals surface area (Å²) in [5, 5.41) is 0. The molecule has 0 saturated carbocycles. The van der Waals surface area contributed by atoms with Gasteiger partial charge in [-0.05, 0) is 18.9 Å². The van der Waals surface area contributed by atoms with Crippen LogP contribution in [0.1, 0.15) is 12.8 Å². The molecule has 0 bridgehead atoms. The van der Waals surface area contributed by atoms with Crippen molar-refractivity contribution in [3.63, 3.8) is 0 Å². The molecular weight excluding hydrogens is 216 g/mol. The minimum atomic E-state index is 0.345. The Morgan fingerprint density at radius 3 is 2.88 bits per heavy atom. The summed E-state index contributed by atoms with van der Waals surface area (Å²) in [6.07, 6.45) is 4.46. The van der Waals surface area contributed by atoms with Crippen LogP contribution in [0.25, 0.3) is 0 Å². The first-order valence-electron chi connectivity index (χ1n) is 6.00. The first-order valence-corrected chi connectivity index (χ1v) is 6.00. The smallest absolute Gasteiger partial charge is 0.226 e. The Bertz CT molecular complexity index is 363. The van der Waals surface area contributed by atoms with Crippen molar-refractivity contribution in [1.29, 1.82) is 0 Å². The van der Waals surface area contributed by atoms with Gasteiger partial charge in [-0.25, -0.2) is 4.98 Å². The molecule has 1 saturated heterocycles. The molecule has 1 unspecified atom stereocenters. The van der Waals surface area contributed by atoms with Crippen molar-refractivity contribution in [2.45, 2.75) is 18.9 Å². The number of aromatic nitrogens is 2. The van der Waals surface area contributed by atoms with Crippen LogP contribution >= 0.6 is 0 Å². The molecule has 1 atom stereocenters. The van der Waals surface area contributed by atoms with E-state index in [1.54, 1.807) is 6.20 Å². The van der Waals surface area contributed by atoms with Crippen molar-refractivity contribution in [3.8, 4) is 0 Å². The van der Waals surface area contributed by atoms with Crippen LogP contribution in [0.2, 0.25) is 0 Å². The molecule has 1 aliphatic heterocycles. The van der Waals surface area contributed by atoms with Crippen LogP contribution in [0.5, 0.6) is 0 Å². The summed E-state index contributed by atoms with van der Waals surface area (Å²) >= 11 is 0. The average Bonchev–Trinajstić information content (AvgIpc) is 2.82. The van der Waals surface area contributed by atoms with E-state index in [2.05, 4.69) is 14.9 Å². The Hall–Kier alpha value is -1.36. The van der Waals surface area contributed by atoms with Crippen molar-refractivity contribution in [2.75, 3.05) is 44.1 Å². The summed E-state index contributed by atoms with van der Waals surface area (Å²) in [4.78, 5) is 12.7. The van der Waals surface area contributed by atoms with E-state index in [9.17, 15) is 0 Å². The standard InChI is InChI=1S/C12H20N4O/c1-15(2)12-13-7-6-11(14-12)16(3)9-10-5-4-8-17-10/h6-7,10H,4-5,8-9H2,1-3H3. The van der Waals surface area contributed by atoms with E-state index in [0.717, 1.165) is 31.3 Å². The number of anilines is 2. The highest BCUT2D eigenvalue weighted by molar-refractivity contribution is 5.42. The van der Waals surface area contributed by atoms with Crippen LogP contribution in [-0.2, 0) is 4.74 Å². The lowest BCUT2D eigenvalue weighted by molar-refractivity contribution is 0.116. The number of ether oxygens (including phenoxy) is 1. The normalized spacial score (nSPS) is 19.4. The fourth-order valence-corrected chi connectivity index (χ4v) is 1.95. The van der Waals surface area contributed by atoms with Crippen molar-refractivity contribution in [1.82, 2.24) is 9.97 Å². The molecule has 5 nitrogen and oxygen atoms in total. The van der Waals surface area contributed by atoms with Gasteiger partial charge in [0.25, 0.3) is 0 Å². The number of likely N-dealkylation sites (N-methyl/N-ethyl adjacent to an activating group) is 1. The molecule has 0 aliphatic carbocycles. The van der Waals surface area contributed by atoms with Gasteiger partial charge in [-0.2, -0.15) is 4.98 Å². The van der Waals surface area contributed by atoms with Crippen molar-refractivity contribution in [3.05, 3.63) is 12.3 Å². The second-order valence-corrected chi connectivity index (χ2v) is 4.62. The van der Waals surface area contributed by atoms with Crippen LogP contribution in [0.4, 0.5) is 11.8 Å². The lowest BCUT2D eigenvalue weighted by Crippen LogP contribution is -2.29. The maximum absolute atomic E-state index is 5.63. The molecule has 1 aliphatic rings. The summed E-state index contributed by atoms with van der Waals surface area (Å²) in [5.41, 5.74) is 0. The van der Waals surface area contributed by atoms with Crippen molar-refractivity contribution in [2.24, 2.45) is 0 Å². The molecule has 0 amide bonds. The van der Waals surface area contributed by atoms with E-state index in [4.69, 9.17) is 4.74 Å². The molecule has 2 rings (SSSR count). The minimum absolute atomic E-state index is 0.345. The Morgan fingerprint density at radius 2 is 2.24 bits per heavy atom. The Kier molecular flexibility index (Phi) is 3.78. The van der Waals surface area contributed by atoms with E-state index in [0.29, 0.717) is 6.10 Å². The lowest BCUT2D eigenvalue weighted by atomic mass is 10.2. The highest BCUT2D eigenvalue weighted by Gasteiger charge is 2.18. The second-order valence-electron chi connectivity index (χ2n) is 4.62. The van der Waals surface area contributed by atoms with Gasteiger partial charge in [-0.3, -0.25) is 0 Å². The van der Waals surface area contributed by atoms with Gasteiger partial charge >= 0.3 is 0 Å². The third kappa shape index (κ3) is 3.06. The largest absolute Gasteiger partial charge is 0.376 e. The van der Waals surface area contributed by atoms with Crippen LogP contribution in [0.15, 0.2) is 12.3 Å². The van der Waals surface area contributed by atoms with E-state index < -0.39 is 0 Å². The molecule has 5 heteroatoms. The predicted molar refractivity (Wildman–Crippen MR) is 68.6 cm³/mol. The summed E-state index contributed by atoms with van der Waals surface area (Å²) in [6, 6.07) is 1.93. The van der Waals surface area contributed by atoms with Gasteiger partial charge in [0.2, 0.25) is 5.95 Å². The van der Waals surface area contributed by atoms with E-state index >= 15 is 0 Å². The van der Waals surface area contributed by atoms with Gasteiger partial charge in [0, 0.05) is 40.5 Å². The van der Waals surface area contributed by atoms with Gasteiger partial charge in [0.1, 0.15) is 5.82 Å². The van der Waals surface area contributed by atoms with Crippen LogP contribution in [0.3, 0.4) is 0 Å². The minimum Gasteiger partial charge on any atom is -0.376 e. The van der Waals surface area contributed by atoms with Crippen LogP contribution in [-0.4, -0.2) is 50.4 Å². The molecule has 17 heavy (non-hydrogen) atoms.